The van der Waals surface area contributed by atoms with Crippen LogP contribution in [0.3, 0.4) is 0 Å². The van der Waals surface area contributed by atoms with E-state index in [4.69, 9.17) is 12.6 Å². The number of hydrogen-bond acceptors (Lipinski definition) is 5. The van der Waals surface area contributed by atoms with Gasteiger partial charge in [0.25, 0.3) is 0 Å². The first-order valence-corrected chi connectivity index (χ1v) is 10.7. The van der Waals surface area contributed by atoms with Gasteiger partial charge in [-0.1, -0.05) is 6.08 Å². The molecule has 3 saturated heterocycles. The molecule has 144 valence electrons. The van der Waals surface area contributed by atoms with E-state index in [9.17, 15) is 5.11 Å². The Balaban J connectivity index is 0.000000659. The van der Waals surface area contributed by atoms with Crippen molar-refractivity contribution in [2.75, 3.05) is 20.2 Å². The van der Waals surface area contributed by atoms with Gasteiger partial charge in [0.05, 0.1) is 18.7 Å². The van der Waals surface area contributed by atoms with E-state index in [0.717, 1.165) is 41.7 Å². The van der Waals surface area contributed by atoms with E-state index in [1.165, 1.54) is 6.42 Å². The van der Waals surface area contributed by atoms with Gasteiger partial charge in [-0.3, -0.25) is 9.88 Å². The summed E-state index contributed by atoms with van der Waals surface area (Å²) in [5, 5.41) is 12.1. The Kier molecular flexibility index (Phi) is 6.77. The summed E-state index contributed by atoms with van der Waals surface area (Å²) in [7, 11) is 1.66. The minimum absolute atomic E-state index is 0.178. The summed E-state index contributed by atoms with van der Waals surface area (Å²) in [6.07, 6.45) is 5.62. The predicted molar refractivity (Wildman–Crippen MR) is 104 cm³/mol. The molecule has 0 aliphatic carbocycles. The molecule has 3 aliphatic rings. The van der Waals surface area contributed by atoms with Gasteiger partial charge in [0.2, 0.25) is 0 Å². The fourth-order valence-corrected chi connectivity index (χ4v) is 4.44. The summed E-state index contributed by atoms with van der Waals surface area (Å²) < 4.78 is 21.0. The van der Waals surface area contributed by atoms with Crippen molar-refractivity contribution in [2.24, 2.45) is 11.8 Å². The SMILES string of the molecule is C=C[C@H]1CN2CC[C@H]1C[C@H]2[C@H](O)c1ccnc2ccc(OC)cc12.O=[As]O. The van der Waals surface area contributed by atoms with Crippen molar-refractivity contribution in [1.29, 1.82) is 0 Å². The van der Waals surface area contributed by atoms with Gasteiger partial charge in [-0.05, 0) is 61.1 Å². The molecular formula is C20H25AsN2O4. The van der Waals surface area contributed by atoms with E-state index in [1.807, 2.05) is 24.3 Å². The first-order chi connectivity index (χ1) is 13.1. The number of nitrogens with zero attached hydrogens (tertiary/aromatic N) is 2. The number of benzene rings is 1. The molecule has 3 fully saturated rings. The minimum atomic E-state index is -1.56. The maximum atomic E-state index is 11.2. The van der Waals surface area contributed by atoms with E-state index in [-0.39, 0.29) is 6.04 Å². The number of rotatable bonds is 4. The molecule has 27 heavy (non-hydrogen) atoms. The Bertz CT molecular complexity index is 816. The van der Waals surface area contributed by atoms with Gasteiger partial charge in [-0.15, -0.1) is 6.58 Å². The Morgan fingerprint density at radius 1 is 1.44 bits per heavy atom. The second-order valence-electron chi connectivity index (χ2n) is 7.06. The second-order valence-corrected chi connectivity index (χ2v) is 7.40. The Morgan fingerprint density at radius 2 is 2.22 bits per heavy atom. The molecule has 0 saturated carbocycles. The molecule has 2 aromatic rings. The summed E-state index contributed by atoms with van der Waals surface area (Å²) in [5.74, 6) is 2.01. The number of piperidine rings is 3. The summed E-state index contributed by atoms with van der Waals surface area (Å²) in [6, 6.07) is 7.96. The van der Waals surface area contributed by atoms with Crippen LogP contribution in [0.2, 0.25) is 0 Å². The van der Waals surface area contributed by atoms with Crippen LogP contribution in [-0.4, -0.2) is 61.4 Å². The van der Waals surface area contributed by atoms with Crippen molar-refractivity contribution in [1.82, 2.24) is 9.88 Å². The van der Waals surface area contributed by atoms with Crippen molar-refractivity contribution in [3.8, 4) is 5.75 Å². The molecular weight excluding hydrogens is 407 g/mol. The zero-order valence-corrected chi connectivity index (χ0v) is 17.2. The van der Waals surface area contributed by atoms with Crippen LogP contribution in [0.1, 0.15) is 24.5 Å². The van der Waals surface area contributed by atoms with Crippen molar-refractivity contribution < 1.29 is 17.7 Å². The zero-order valence-electron chi connectivity index (χ0n) is 15.4. The number of ether oxygens (including phenoxy) is 1. The number of methoxy groups -OCH3 is 1. The third kappa shape index (κ3) is 4.14. The average Bonchev–Trinajstić information content (AvgIpc) is 2.73. The van der Waals surface area contributed by atoms with Crippen molar-refractivity contribution in [3.05, 3.63) is 48.7 Å². The second kappa shape index (κ2) is 9.07. The van der Waals surface area contributed by atoms with Crippen molar-refractivity contribution in [3.63, 3.8) is 0 Å². The van der Waals surface area contributed by atoms with E-state index in [2.05, 4.69) is 22.5 Å². The predicted octanol–water partition coefficient (Wildman–Crippen LogP) is 2.12. The Labute approximate surface area is 166 Å². The molecule has 0 amide bonds. The topological polar surface area (TPSA) is 82.9 Å². The number of aliphatic hydroxyl groups is 1. The van der Waals surface area contributed by atoms with Gasteiger partial charge in [-0.25, -0.2) is 0 Å². The van der Waals surface area contributed by atoms with Crippen molar-refractivity contribution in [2.45, 2.75) is 25.0 Å². The van der Waals surface area contributed by atoms with Crippen LogP contribution in [0, 0.1) is 11.8 Å². The summed E-state index contributed by atoms with van der Waals surface area (Å²) in [6.45, 7) is 6.07. The third-order valence-electron chi connectivity index (χ3n) is 5.82. The summed E-state index contributed by atoms with van der Waals surface area (Å²) in [5.41, 5.74) is 1.85. The van der Waals surface area contributed by atoms with Gasteiger partial charge in [0.1, 0.15) is 5.75 Å². The van der Waals surface area contributed by atoms with E-state index >= 15 is 0 Å². The number of aliphatic hydroxyl groups excluding tert-OH is 1. The van der Waals surface area contributed by atoms with Crippen LogP contribution in [0.5, 0.6) is 5.75 Å². The van der Waals surface area contributed by atoms with Crippen LogP contribution in [0.4, 0.5) is 0 Å². The van der Waals surface area contributed by atoms with Gasteiger partial charge >= 0.3 is 23.9 Å². The van der Waals surface area contributed by atoms with Gasteiger partial charge in [-0.2, -0.15) is 0 Å². The van der Waals surface area contributed by atoms with E-state index < -0.39 is 22.1 Å². The quantitative estimate of drug-likeness (QED) is 0.569. The van der Waals surface area contributed by atoms with Crippen LogP contribution >= 0.6 is 0 Å². The number of aromatic nitrogens is 1. The Morgan fingerprint density at radius 3 is 2.85 bits per heavy atom. The molecule has 5 atom stereocenters. The van der Waals surface area contributed by atoms with Crippen LogP contribution in [-0.2, 0) is 3.74 Å². The average molecular weight is 432 g/mol. The molecule has 5 rings (SSSR count). The normalized spacial score (nSPS) is 27.7. The fraction of sp³-hybridized carbons (Fsp3) is 0.450. The number of fused-ring (bicyclic) bond motifs is 4. The number of pyridine rings is 1. The molecule has 7 heteroatoms. The van der Waals surface area contributed by atoms with E-state index in [1.54, 1.807) is 13.3 Å². The zero-order chi connectivity index (χ0) is 19.4. The molecule has 3 aliphatic heterocycles. The summed E-state index contributed by atoms with van der Waals surface area (Å²) >= 11 is -1.56. The molecule has 2 bridgehead atoms. The monoisotopic (exact) mass is 432 g/mol. The molecule has 1 aromatic heterocycles. The maximum absolute atomic E-state index is 11.2. The molecule has 4 heterocycles. The first kappa shape index (κ1) is 20.2. The van der Waals surface area contributed by atoms with Crippen LogP contribution in [0.25, 0.3) is 10.9 Å². The van der Waals surface area contributed by atoms with Gasteiger partial charge in [0, 0.05) is 24.2 Å². The molecule has 1 aromatic carbocycles. The standard InChI is InChI=1S/C20H24N2O2.AsHO2/c1-3-13-12-22-9-7-14(13)10-19(22)20(23)16-6-8-21-18-5-4-15(24-2)11-17(16)18;2-1-3/h3-6,8,11,13-14,19-20,23H,1,7,9-10,12H2,2H3;(H,2,3)/t13-,14-,19-,20+;/m0./s1. The van der Waals surface area contributed by atoms with Gasteiger partial charge < -0.3 is 9.84 Å². The summed E-state index contributed by atoms with van der Waals surface area (Å²) in [4.78, 5) is 6.86. The van der Waals surface area contributed by atoms with Crippen molar-refractivity contribution >= 4 is 26.9 Å². The molecule has 1 unspecified atom stereocenters. The molecule has 0 spiro atoms. The third-order valence-corrected chi connectivity index (χ3v) is 5.82. The first-order valence-electron chi connectivity index (χ1n) is 9.07. The molecule has 6 nitrogen and oxygen atoms in total. The molecule has 0 radical (unpaired) electrons. The fourth-order valence-electron chi connectivity index (χ4n) is 4.44. The molecule has 2 N–H and O–H groups in total. The van der Waals surface area contributed by atoms with E-state index in [0.29, 0.717) is 11.8 Å². The van der Waals surface area contributed by atoms with Crippen LogP contribution in [0.15, 0.2) is 43.1 Å². The number of hydrogen-bond donors (Lipinski definition) is 2. The van der Waals surface area contributed by atoms with Crippen LogP contribution < -0.4 is 4.74 Å². The Hall–Kier alpha value is -1.59. The van der Waals surface area contributed by atoms with Gasteiger partial charge in [0.15, 0.2) is 0 Å².